The Kier molecular flexibility index (Phi) is 7.43. The van der Waals surface area contributed by atoms with Crippen LogP contribution in [-0.2, 0) is 9.59 Å². The molecule has 0 aliphatic rings. The third kappa shape index (κ3) is 5.96. The number of thiol groups is 2. The summed E-state index contributed by atoms with van der Waals surface area (Å²) in [6.07, 6.45) is 0. The second kappa shape index (κ2) is 6.74. The molecule has 94 valence electrons. The van der Waals surface area contributed by atoms with E-state index in [2.05, 4.69) is 33.6 Å². The second-order valence-electron chi connectivity index (χ2n) is 4.05. The van der Waals surface area contributed by atoms with Gasteiger partial charge in [0.1, 0.15) is 0 Å². The molecule has 8 heteroatoms. The first-order valence-electron chi connectivity index (χ1n) is 4.33. The largest absolute Gasteiger partial charge is 0.368 e. The van der Waals surface area contributed by atoms with Crippen molar-refractivity contribution in [2.24, 2.45) is 21.7 Å². The Morgan fingerprint density at radius 1 is 0.875 bits per heavy atom. The number of carbonyl (C=O) groups is 2. The first-order chi connectivity index (χ1) is 7.09. The van der Waals surface area contributed by atoms with E-state index in [-0.39, 0.29) is 0 Å². The second-order valence-corrected chi connectivity index (χ2v) is 4.05. The molecule has 0 radical (unpaired) electrons. The molecule has 0 aromatic heterocycles. The Balaban J connectivity index is 0. The van der Waals surface area contributed by atoms with Crippen LogP contribution >= 0.6 is 23.3 Å². The number of rotatable bonds is 4. The Hall–Kier alpha value is -0.760. The summed E-state index contributed by atoms with van der Waals surface area (Å²) < 4.78 is 0. The topological polar surface area (TPSA) is 111 Å². The normalized spacial score (nSPS) is 11.9. The van der Waals surface area contributed by atoms with E-state index >= 15 is 0 Å². The van der Waals surface area contributed by atoms with Crippen molar-refractivity contribution in [1.82, 2.24) is 0 Å². The van der Waals surface area contributed by atoms with Crippen molar-refractivity contribution in [3.63, 3.8) is 0 Å². The average molecular weight is 266 g/mol. The van der Waals surface area contributed by atoms with Crippen LogP contribution in [0.3, 0.4) is 0 Å². The van der Waals surface area contributed by atoms with E-state index in [4.69, 9.17) is 11.5 Å². The van der Waals surface area contributed by atoms with Crippen LogP contribution in [0.1, 0.15) is 27.7 Å². The Labute approximate surface area is 105 Å². The maximum Gasteiger partial charge on any atom is 0.246 e. The molecular formula is C8H18N4O2S2. The molecule has 16 heavy (non-hydrogen) atoms. The molecule has 0 aliphatic carbocycles. The molecule has 0 fully saturated rings. The van der Waals surface area contributed by atoms with Crippen LogP contribution in [0, 0.1) is 0 Å². The van der Waals surface area contributed by atoms with E-state index in [1.165, 1.54) is 27.7 Å². The quantitative estimate of drug-likeness (QED) is 0.341. The van der Waals surface area contributed by atoms with Gasteiger partial charge < -0.3 is 11.5 Å². The number of carbonyl (C=O) groups excluding carboxylic acids is 2. The highest BCUT2D eigenvalue weighted by atomic mass is 33.1. The molecule has 0 unspecified atom stereocenters. The van der Waals surface area contributed by atoms with Gasteiger partial charge in [0, 0.05) is 0 Å². The highest BCUT2D eigenvalue weighted by Gasteiger charge is 2.29. The molecule has 0 rings (SSSR count). The Morgan fingerprint density at radius 3 is 1.19 bits per heavy atom. The van der Waals surface area contributed by atoms with Crippen LogP contribution in [-0.4, -0.2) is 22.9 Å². The molecule has 0 aromatic carbocycles. The molecule has 0 bridgehead atoms. The molecule has 0 saturated carbocycles. The molecule has 0 aliphatic heterocycles. The summed E-state index contributed by atoms with van der Waals surface area (Å²) in [5.41, 5.74) is 7.90. The van der Waals surface area contributed by atoms with E-state index in [1.807, 2.05) is 0 Å². The lowest BCUT2D eigenvalue weighted by molar-refractivity contribution is -0.124. The summed E-state index contributed by atoms with van der Waals surface area (Å²) in [6.45, 7) is 6.04. The van der Waals surface area contributed by atoms with Gasteiger partial charge in [-0.2, -0.15) is 10.2 Å². The van der Waals surface area contributed by atoms with Gasteiger partial charge in [0.2, 0.25) is 11.8 Å². The van der Waals surface area contributed by atoms with Gasteiger partial charge in [0.25, 0.3) is 0 Å². The van der Waals surface area contributed by atoms with Crippen molar-refractivity contribution >= 4 is 35.1 Å². The third-order valence-electron chi connectivity index (χ3n) is 1.76. The predicted octanol–water partition coefficient (Wildman–Crippen LogP) is 0.727. The minimum atomic E-state index is -1.12. The van der Waals surface area contributed by atoms with Gasteiger partial charge in [-0.3, -0.25) is 9.59 Å². The number of nitrogens with two attached hydrogens (primary N) is 2. The summed E-state index contributed by atoms with van der Waals surface area (Å²) in [4.78, 5) is 21.7. The maximum absolute atomic E-state index is 10.9. The van der Waals surface area contributed by atoms with Gasteiger partial charge in [-0.1, -0.05) is 0 Å². The minimum absolute atomic E-state index is 0.610. The molecule has 2 amide bonds. The molecule has 0 atom stereocenters. The van der Waals surface area contributed by atoms with Crippen molar-refractivity contribution in [3.05, 3.63) is 0 Å². The summed E-state index contributed by atoms with van der Waals surface area (Å²) >= 11 is 6.44. The van der Waals surface area contributed by atoms with Crippen molar-refractivity contribution in [3.8, 4) is 0 Å². The summed E-state index contributed by atoms with van der Waals surface area (Å²) in [6, 6.07) is 0. The highest BCUT2D eigenvalue weighted by Crippen LogP contribution is 2.14. The fourth-order valence-electron chi connectivity index (χ4n) is 0.349. The molecule has 0 aromatic rings. The average Bonchev–Trinajstić information content (AvgIpc) is 2.18. The number of nitrogens with zero attached hydrogens (tertiary/aromatic N) is 2. The van der Waals surface area contributed by atoms with E-state index in [1.54, 1.807) is 0 Å². The number of hydrogen-bond acceptors (Lipinski definition) is 6. The lowest BCUT2D eigenvalue weighted by Crippen LogP contribution is -2.39. The predicted molar refractivity (Wildman–Crippen MR) is 69.4 cm³/mol. The Bertz CT molecular complexity index is 262. The first kappa shape index (κ1) is 17.6. The van der Waals surface area contributed by atoms with Gasteiger partial charge in [0.15, 0.2) is 11.1 Å². The summed E-state index contributed by atoms with van der Waals surface area (Å²) in [5.74, 6) is -1.22. The van der Waals surface area contributed by atoms with Crippen LogP contribution in [0.25, 0.3) is 0 Å². The van der Waals surface area contributed by atoms with E-state index in [9.17, 15) is 9.59 Å². The molecular weight excluding hydrogens is 248 g/mol. The number of azo groups is 1. The van der Waals surface area contributed by atoms with Gasteiger partial charge >= 0.3 is 0 Å². The van der Waals surface area contributed by atoms with E-state index in [0.717, 1.165) is 0 Å². The fourth-order valence-corrected chi connectivity index (χ4v) is 0.349. The third-order valence-corrected chi connectivity index (χ3v) is 1.76. The number of hydrogen-bond donors (Lipinski definition) is 4. The van der Waals surface area contributed by atoms with Crippen LogP contribution in [0.5, 0.6) is 0 Å². The molecule has 4 N–H and O–H groups in total. The summed E-state index contributed by atoms with van der Waals surface area (Å²) in [5, 5.41) is 7.40. The zero-order valence-electron chi connectivity index (χ0n) is 9.76. The number of primary amides is 2. The van der Waals surface area contributed by atoms with Gasteiger partial charge in [-0.25, -0.2) is 0 Å². The van der Waals surface area contributed by atoms with Crippen molar-refractivity contribution in [2.75, 3.05) is 0 Å². The maximum atomic E-state index is 10.9. The van der Waals surface area contributed by atoms with Crippen LogP contribution in [0.4, 0.5) is 0 Å². The van der Waals surface area contributed by atoms with Crippen LogP contribution in [0.15, 0.2) is 10.2 Å². The van der Waals surface area contributed by atoms with E-state index < -0.39 is 22.9 Å². The smallest absolute Gasteiger partial charge is 0.246 e. The molecule has 0 spiro atoms. The highest BCUT2D eigenvalue weighted by molar-refractivity contribution is 8.59. The van der Waals surface area contributed by atoms with Crippen molar-refractivity contribution < 1.29 is 9.59 Å². The SMILES string of the molecule is CC(C)(N=NC(C)(C)C(N)=O)C(N)=O.SS. The standard InChI is InChI=1S/C8H16N4O2.H2S2/c1-7(2,5(9)13)11-12-8(3,4)6(10)14;1-2/h1-4H3,(H2,9,13)(H2,10,14);1-2H. The first-order valence-corrected chi connectivity index (χ1v) is 5.93. The summed E-state index contributed by atoms with van der Waals surface area (Å²) in [7, 11) is 0. The molecule has 0 heterocycles. The fraction of sp³-hybridized carbons (Fsp3) is 0.750. The van der Waals surface area contributed by atoms with Crippen molar-refractivity contribution in [2.45, 2.75) is 38.8 Å². The lowest BCUT2D eigenvalue weighted by Gasteiger charge is -2.17. The van der Waals surface area contributed by atoms with Crippen LogP contribution in [0.2, 0.25) is 0 Å². The van der Waals surface area contributed by atoms with Crippen molar-refractivity contribution in [1.29, 1.82) is 0 Å². The van der Waals surface area contributed by atoms with Gasteiger partial charge in [-0.05, 0) is 27.7 Å². The molecule has 6 nitrogen and oxygen atoms in total. The molecule has 0 saturated heterocycles. The zero-order valence-corrected chi connectivity index (χ0v) is 11.5. The monoisotopic (exact) mass is 266 g/mol. The van der Waals surface area contributed by atoms with E-state index in [0.29, 0.717) is 0 Å². The lowest BCUT2D eigenvalue weighted by atomic mass is 10.1. The Morgan fingerprint density at radius 2 is 1.06 bits per heavy atom. The van der Waals surface area contributed by atoms with Crippen LogP contribution < -0.4 is 11.5 Å². The zero-order chi connectivity index (χ0) is 13.6. The minimum Gasteiger partial charge on any atom is -0.368 e. The number of amides is 2. The van der Waals surface area contributed by atoms with Gasteiger partial charge in [0.05, 0.1) is 0 Å². The van der Waals surface area contributed by atoms with Gasteiger partial charge in [-0.15, -0.1) is 23.3 Å².